The van der Waals surface area contributed by atoms with Gasteiger partial charge in [0.25, 0.3) is 0 Å². The van der Waals surface area contributed by atoms with Crippen LogP contribution in [0.1, 0.15) is 185 Å². The van der Waals surface area contributed by atoms with Gasteiger partial charge in [0.15, 0.2) is 5.69 Å². The molecule has 0 amide bonds. The Morgan fingerprint density at radius 3 is 1.36 bits per heavy atom. The molecule has 0 bridgehead atoms. The number of aliphatic hydroxyl groups excluding tert-OH is 3. The Labute approximate surface area is 422 Å². The monoisotopic (exact) mass is 958 g/mol. The Morgan fingerprint density at radius 1 is 0.478 bits per heavy atom. The fourth-order valence-corrected chi connectivity index (χ4v) is 6.75. The zero-order chi connectivity index (χ0) is 53.0. The van der Waals surface area contributed by atoms with Gasteiger partial charge in [-0.2, -0.15) is 10.2 Å². The van der Waals surface area contributed by atoms with E-state index in [2.05, 4.69) is 186 Å². The lowest BCUT2D eigenvalue weighted by molar-refractivity contribution is 0.276. The first-order valence-corrected chi connectivity index (χ1v) is 24.6. The summed E-state index contributed by atoms with van der Waals surface area (Å²) in [6.07, 6.45) is 5.54. The highest BCUT2D eigenvalue weighted by Crippen LogP contribution is 2.28. The molecule has 9 heteroatoms. The first kappa shape index (κ1) is 61.9. The van der Waals surface area contributed by atoms with Gasteiger partial charge < -0.3 is 15.3 Å². The van der Waals surface area contributed by atoms with E-state index in [9.17, 15) is 0 Å². The third-order valence-corrected chi connectivity index (χ3v) is 12.0. The van der Waals surface area contributed by atoms with Crippen molar-refractivity contribution < 1.29 is 15.3 Å². The SMILES string of the molecule is CC(C)(C)c1ccc(CO)cc1.CC(C)(C)c1cccc(CO)c1.CC(C)(C)c1ccnc(CO)c1.Cc1cc(C(C)(C)C)cnn1.Cc1ncc(C(C)(C)C)s1.[C-]#[N+]c1cccc(C(C)(C)C)c1. The van der Waals surface area contributed by atoms with Crippen molar-refractivity contribution in [3.05, 3.63) is 181 Å². The van der Waals surface area contributed by atoms with Gasteiger partial charge in [0.1, 0.15) is 0 Å². The average molecular weight is 958 g/mol. The van der Waals surface area contributed by atoms with E-state index in [1.54, 1.807) is 17.5 Å². The number of aromatic nitrogens is 4. The quantitative estimate of drug-likeness (QED) is 0.151. The predicted octanol–water partition coefficient (Wildman–Crippen LogP) is 15.2. The van der Waals surface area contributed by atoms with E-state index < -0.39 is 0 Å². The Morgan fingerprint density at radius 2 is 0.971 bits per heavy atom. The molecule has 0 radical (unpaired) electrons. The lowest BCUT2D eigenvalue weighted by atomic mass is 9.86. The number of nitrogens with zero attached hydrogens (tertiary/aromatic N) is 5. The predicted molar refractivity (Wildman–Crippen MR) is 293 cm³/mol. The second-order valence-electron chi connectivity index (χ2n) is 23.4. The van der Waals surface area contributed by atoms with Crippen LogP contribution in [0.5, 0.6) is 0 Å². The third-order valence-electron chi connectivity index (χ3n) is 10.7. The molecule has 3 N–H and O–H groups in total. The van der Waals surface area contributed by atoms with Gasteiger partial charge in [0.2, 0.25) is 0 Å². The van der Waals surface area contributed by atoms with E-state index in [-0.39, 0.29) is 52.3 Å². The molecule has 0 atom stereocenters. The average Bonchev–Trinajstić information content (AvgIpc) is 3.73. The van der Waals surface area contributed by atoms with Gasteiger partial charge in [-0.15, -0.1) is 11.3 Å². The van der Waals surface area contributed by atoms with E-state index in [0.29, 0.717) is 0 Å². The van der Waals surface area contributed by atoms with E-state index in [4.69, 9.17) is 21.9 Å². The molecule has 0 aliphatic carbocycles. The molecule has 0 saturated carbocycles. The van der Waals surface area contributed by atoms with E-state index >= 15 is 0 Å². The van der Waals surface area contributed by atoms with Crippen molar-refractivity contribution in [2.75, 3.05) is 0 Å². The lowest BCUT2D eigenvalue weighted by Gasteiger charge is -2.19. The molecule has 6 rings (SSSR count). The Balaban J connectivity index is 0.000000414. The van der Waals surface area contributed by atoms with Crippen LogP contribution in [-0.2, 0) is 52.3 Å². The van der Waals surface area contributed by atoms with Crippen LogP contribution in [0.2, 0.25) is 0 Å². The maximum Gasteiger partial charge on any atom is 0.187 e. The highest BCUT2D eigenvalue weighted by molar-refractivity contribution is 7.11. The number of thiazole rings is 1. The molecule has 3 heterocycles. The lowest BCUT2D eigenvalue weighted by Crippen LogP contribution is -2.12. The van der Waals surface area contributed by atoms with Crippen LogP contribution >= 0.6 is 11.3 Å². The van der Waals surface area contributed by atoms with Gasteiger partial charge >= 0.3 is 0 Å². The molecule has 0 saturated heterocycles. The molecule has 69 heavy (non-hydrogen) atoms. The molecule has 0 aliphatic rings. The summed E-state index contributed by atoms with van der Waals surface area (Å²) in [4.78, 5) is 13.0. The molecule has 0 aliphatic heterocycles. The number of hydrogen-bond donors (Lipinski definition) is 3. The normalized spacial score (nSPS) is 11.6. The zero-order valence-electron chi connectivity index (χ0n) is 46.0. The Kier molecular flexibility index (Phi) is 24.5. The summed E-state index contributed by atoms with van der Waals surface area (Å²) in [6.45, 7) is 50.2. The maximum atomic E-state index is 8.93. The molecule has 0 spiro atoms. The minimum atomic E-state index is 0.0178. The minimum absolute atomic E-state index is 0.0178. The van der Waals surface area contributed by atoms with Crippen molar-refractivity contribution in [1.82, 2.24) is 20.2 Å². The topological polar surface area (TPSA) is 117 Å². The number of pyridine rings is 1. The van der Waals surface area contributed by atoms with Crippen molar-refractivity contribution in [2.24, 2.45) is 0 Å². The van der Waals surface area contributed by atoms with Gasteiger partial charge in [-0.05, 0) is 97.9 Å². The van der Waals surface area contributed by atoms with Crippen LogP contribution in [0.3, 0.4) is 0 Å². The second kappa shape index (κ2) is 27.3. The molecule has 6 aromatic rings. The van der Waals surface area contributed by atoms with Crippen LogP contribution in [0.15, 0.2) is 110 Å². The highest BCUT2D eigenvalue weighted by atomic mass is 32.1. The van der Waals surface area contributed by atoms with Gasteiger partial charge in [-0.1, -0.05) is 203 Å². The number of hydrogen-bond acceptors (Lipinski definition) is 8. The smallest absolute Gasteiger partial charge is 0.187 e. The van der Waals surface area contributed by atoms with Crippen LogP contribution in [-0.4, -0.2) is 35.5 Å². The van der Waals surface area contributed by atoms with E-state index in [0.717, 1.165) is 33.2 Å². The molecular formula is C60H87N5O3S. The van der Waals surface area contributed by atoms with Gasteiger partial charge in [0, 0.05) is 17.3 Å². The first-order valence-electron chi connectivity index (χ1n) is 23.8. The minimum Gasteiger partial charge on any atom is -0.392 e. The van der Waals surface area contributed by atoms with Crippen LogP contribution < -0.4 is 0 Å². The summed E-state index contributed by atoms with van der Waals surface area (Å²) in [5.74, 6) is 0. The van der Waals surface area contributed by atoms with Gasteiger partial charge in [0.05, 0.1) is 49.0 Å². The Hall–Kier alpha value is -5.11. The van der Waals surface area contributed by atoms with Crippen LogP contribution in [0.25, 0.3) is 4.85 Å². The fraction of sp³-hybridized carbons (Fsp3) is 0.483. The molecule has 0 fully saturated rings. The molecular weight excluding hydrogens is 871 g/mol. The third kappa shape index (κ3) is 24.3. The summed E-state index contributed by atoms with van der Waals surface area (Å²) in [6, 6.07) is 30.0. The summed E-state index contributed by atoms with van der Waals surface area (Å²) in [5.41, 5.74) is 11.8. The largest absolute Gasteiger partial charge is 0.392 e. The van der Waals surface area contributed by atoms with E-state index in [1.165, 1.54) is 32.7 Å². The first-order chi connectivity index (χ1) is 31.6. The second-order valence-corrected chi connectivity index (χ2v) is 24.6. The van der Waals surface area contributed by atoms with Gasteiger partial charge in [-0.25, -0.2) is 9.83 Å². The van der Waals surface area contributed by atoms with Crippen molar-refractivity contribution in [3.63, 3.8) is 0 Å². The number of benzene rings is 3. The van der Waals surface area contributed by atoms with Crippen molar-refractivity contribution in [1.29, 1.82) is 0 Å². The van der Waals surface area contributed by atoms with Crippen molar-refractivity contribution in [2.45, 2.75) is 191 Å². The summed E-state index contributed by atoms with van der Waals surface area (Å²) >= 11 is 1.78. The van der Waals surface area contributed by atoms with Crippen molar-refractivity contribution in [3.8, 4) is 0 Å². The molecule has 3 aromatic carbocycles. The fourth-order valence-electron chi connectivity index (χ4n) is 5.91. The zero-order valence-corrected chi connectivity index (χ0v) is 46.8. The van der Waals surface area contributed by atoms with E-state index in [1.807, 2.05) is 80.8 Å². The molecule has 3 aromatic heterocycles. The van der Waals surface area contributed by atoms with Crippen molar-refractivity contribution >= 4 is 17.0 Å². The van der Waals surface area contributed by atoms with Crippen LogP contribution in [0, 0.1) is 20.4 Å². The van der Waals surface area contributed by atoms with Crippen LogP contribution in [0.4, 0.5) is 5.69 Å². The maximum absolute atomic E-state index is 8.93. The summed E-state index contributed by atoms with van der Waals surface area (Å²) in [7, 11) is 0. The molecule has 0 unspecified atom stereocenters. The standard InChI is InChI=1S/C11H13N.2C11H16O.C10H15NO.C9H14N2.C8H13NS/c1-11(2,3)9-6-5-7-10(8-9)12-4;1-11(2,3)10-6-4-9(8-12)5-7-10;1-11(2,3)10-6-4-5-9(7-10)8-12;1-10(2,3)8-4-5-11-9(6-8)7-12;1-7-5-8(6-10-11-7)9(2,3)4;1-6-9-5-7(10-6)8(2,3)4/h5-8H,1-3H3;2*4-7,12H,8H2,1-3H3;4-6,12H,7H2,1-3H3;5-6H,1-4H3;5H,1-4H3. The number of rotatable bonds is 3. The number of aliphatic hydroxyl groups is 3. The summed E-state index contributed by atoms with van der Waals surface area (Å²) < 4.78 is 0. The summed E-state index contributed by atoms with van der Waals surface area (Å²) in [5, 5.41) is 35.6. The Bertz CT molecular complexity index is 2380. The van der Waals surface area contributed by atoms with Gasteiger partial charge in [-0.3, -0.25) is 4.98 Å². The molecule has 8 nitrogen and oxygen atoms in total. The number of aryl methyl sites for hydroxylation is 2. The molecule has 376 valence electrons. The highest BCUT2D eigenvalue weighted by Gasteiger charge is 2.18.